The Morgan fingerprint density at radius 2 is 1.68 bits per heavy atom. The number of pyridine rings is 1. The van der Waals surface area contributed by atoms with Gasteiger partial charge in [0.1, 0.15) is 0 Å². The number of piperidine rings is 1. The minimum absolute atomic E-state index is 0.118. The molecule has 2 heterocycles. The first kappa shape index (κ1) is 24.3. The van der Waals surface area contributed by atoms with Gasteiger partial charge in [0, 0.05) is 50.9 Å². The summed E-state index contributed by atoms with van der Waals surface area (Å²) in [7, 11) is -3.56. The Bertz CT molecular complexity index is 1110. The average molecular weight is 485 g/mol. The van der Waals surface area contributed by atoms with Crippen molar-refractivity contribution in [3.05, 3.63) is 59.4 Å². The minimum atomic E-state index is -3.56. The molecule has 9 heteroatoms. The first-order valence-corrected chi connectivity index (χ1v) is 13.4. The Balaban J connectivity index is 1.21. The maximum atomic E-state index is 13.1. The van der Waals surface area contributed by atoms with Crippen molar-refractivity contribution in [3.63, 3.8) is 0 Å². The van der Waals surface area contributed by atoms with Crippen LogP contribution in [0.4, 0.5) is 0 Å². The van der Waals surface area contributed by atoms with Gasteiger partial charge in [-0.15, -0.1) is 0 Å². The number of amides is 2. The van der Waals surface area contributed by atoms with Crippen molar-refractivity contribution in [1.82, 2.24) is 19.9 Å². The second-order valence-corrected chi connectivity index (χ2v) is 10.9. The molecule has 1 fully saturated rings. The highest BCUT2D eigenvalue weighted by molar-refractivity contribution is 7.89. The Hall–Kier alpha value is -2.78. The zero-order valence-corrected chi connectivity index (χ0v) is 20.1. The number of fused-ring (bicyclic) bond motifs is 1. The van der Waals surface area contributed by atoms with Crippen molar-refractivity contribution in [2.24, 2.45) is 5.92 Å². The second kappa shape index (κ2) is 11.1. The molecule has 1 aromatic carbocycles. The number of carbonyl (C=O) groups is 2. The van der Waals surface area contributed by atoms with Crippen molar-refractivity contribution in [1.29, 1.82) is 0 Å². The number of hydrogen-bond acceptors (Lipinski definition) is 5. The summed E-state index contributed by atoms with van der Waals surface area (Å²) in [6, 6.07) is 9.18. The third-order valence-electron chi connectivity index (χ3n) is 6.67. The Morgan fingerprint density at radius 3 is 2.41 bits per heavy atom. The van der Waals surface area contributed by atoms with Crippen LogP contribution in [0.2, 0.25) is 0 Å². The lowest BCUT2D eigenvalue weighted by molar-refractivity contribution is -0.126. The van der Waals surface area contributed by atoms with Gasteiger partial charge in [0.2, 0.25) is 21.8 Å². The lowest BCUT2D eigenvalue weighted by Gasteiger charge is -2.31. The maximum Gasteiger partial charge on any atom is 0.243 e. The summed E-state index contributed by atoms with van der Waals surface area (Å²) in [6.45, 7) is 1.33. The first-order chi connectivity index (χ1) is 16.4. The number of benzene rings is 1. The third kappa shape index (κ3) is 6.01. The van der Waals surface area contributed by atoms with Gasteiger partial charge in [0.05, 0.1) is 4.90 Å². The molecule has 1 aliphatic heterocycles. The van der Waals surface area contributed by atoms with Crippen LogP contribution in [0.15, 0.2) is 47.6 Å². The van der Waals surface area contributed by atoms with Gasteiger partial charge in [-0.1, -0.05) is 6.07 Å². The molecule has 8 nitrogen and oxygen atoms in total. The van der Waals surface area contributed by atoms with E-state index < -0.39 is 10.0 Å². The number of carbonyl (C=O) groups excluding carboxylic acids is 2. The van der Waals surface area contributed by atoms with Crippen LogP contribution >= 0.6 is 0 Å². The molecule has 182 valence electrons. The van der Waals surface area contributed by atoms with Crippen LogP contribution in [-0.2, 0) is 39.0 Å². The van der Waals surface area contributed by atoms with Crippen molar-refractivity contribution in [3.8, 4) is 0 Å². The van der Waals surface area contributed by atoms with E-state index in [1.54, 1.807) is 18.5 Å². The van der Waals surface area contributed by atoms with Crippen LogP contribution in [0.3, 0.4) is 0 Å². The largest absolute Gasteiger partial charge is 0.355 e. The molecule has 4 rings (SSSR count). The third-order valence-corrected chi connectivity index (χ3v) is 8.57. The van der Waals surface area contributed by atoms with Gasteiger partial charge < -0.3 is 10.6 Å². The summed E-state index contributed by atoms with van der Waals surface area (Å²) in [5.74, 6) is -0.495. The van der Waals surface area contributed by atoms with E-state index in [2.05, 4.69) is 15.6 Å². The van der Waals surface area contributed by atoms with E-state index in [0.717, 1.165) is 36.8 Å². The highest BCUT2D eigenvalue weighted by atomic mass is 32.2. The molecule has 0 atom stereocenters. The van der Waals surface area contributed by atoms with E-state index in [1.807, 2.05) is 24.3 Å². The SMILES string of the molecule is O=C(CCNC(=O)C1CCN(S(=O)(=O)c2ccc3c(c2)CCCC3)CC1)NCc1ccncc1. The Morgan fingerprint density at radius 1 is 0.971 bits per heavy atom. The van der Waals surface area contributed by atoms with Gasteiger partial charge in [-0.2, -0.15) is 4.31 Å². The standard InChI is InChI=1S/C25H32N4O4S/c30-24(28-18-19-7-12-26-13-8-19)9-14-27-25(31)21-10-15-29(16-11-21)34(32,33)23-6-5-20-3-1-2-4-22(20)17-23/h5-8,12-13,17,21H,1-4,9-11,14-16,18H2,(H,27,31)(H,28,30). The van der Waals surface area contributed by atoms with Crippen molar-refractivity contribution in [2.75, 3.05) is 19.6 Å². The smallest absolute Gasteiger partial charge is 0.243 e. The van der Waals surface area contributed by atoms with Gasteiger partial charge in [0.25, 0.3) is 0 Å². The van der Waals surface area contributed by atoms with Gasteiger partial charge in [-0.3, -0.25) is 14.6 Å². The van der Waals surface area contributed by atoms with Crippen LogP contribution in [0, 0.1) is 5.92 Å². The normalized spacial score (nSPS) is 17.1. The predicted molar refractivity (Wildman–Crippen MR) is 128 cm³/mol. The van der Waals surface area contributed by atoms with Crippen LogP contribution in [-0.4, -0.2) is 49.2 Å². The molecule has 0 spiro atoms. The van der Waals surface area contributed by atoms with Crippen LogP contribution < -0.4 is 10.6 Å². The lowest BCUT2D eigenvalue weighted by atomic mass is 9.92. The number of nitrogens with zero attached hydrogens (tertiary/aromatic N) is 2. The fourth-order valence-electron chi connectivity index (χ4n) is 4.61. The van der Waals surface area contributed by atoms with E-state index in [0.29, 0.717) is 37.4 Å². The van der Waals surface area contributed by atoms with Crippen molar-refractivity contribution in [2.45, 2.75) is 56.4 Å². The summed E-state index contributed by atoms with van der Waals surface area (Å²) < 4.78 is 27.8. The number of sulfonamides is 1. The maximum absolute atomic E-state index is 13.1. The number of aryl methyl sites for hydroxylation is 2. The summed E-state index contributed by atoms with van der Waals surface area (Å²) in [5.41, 5.74) is 3.36. The van der Waals surface area contributed by atoms with Gasteiger partial charge >= 0.3 is 0 Å². The first-order valence-electron chi connectivity index (χ1n) is 12.0. The van der Waals surface area contributed by atoms with E-state index >= 15 is 0 Å². The fraction of sp³-hybridized carbons (Fsp3) is 0.480. The quantitative estimate of drug-likeness (QED) is 0.597. The van der Waals surface area contributed by atoms with Crippen LogP contribution in [0.25, 0.3) is 0 Å². The number of aromatic nitrogens is 1. The van der Waals surface area contributed by atoms with Crippen LogP contribution in [0.5, 0.6) is 0 Å². The molecule has 2 aliphatic rings. The van der Waals surface area contributed by atoms with Crippen molar-refractivity contribution < 1.29 is 18.0 Å². The zero-order chi connectivity index (χ0) is 24.0. The summed E-state index contributed by atoms with van der Waals surface area (Å²) in [5, 5.41) is 5.64. The highest BCUT2D eigenvalue weighted by Crippen LogP contribution is 2.28. The molecular formula is C25H32N4O4S. The minimum Gasteiger partial charge on any atom is -0.355 e. The van der Waals surface area contributed by atoms with E-state index in [9.17, 15) is 18.0 Å². The molecule has 1 aliphatic carbocycles. The average Bonchev–Trinajstić information content (AvgIpc) is 2.87. The predicted octanol–water partition coefficient (Wildman–Crippen LogP) is 2.18. The van der Waals surface area contributed by atoms with Gasteiger partial charge in [-0.05, 0) is 79.5 Å². The summed E-state index contributed by atoms with van der Waals surface area (Å²) in [4.78, 5) is 28.8. The molecule has 2 aromatic rings. The number of nitrogens with one attached hydrogen (secondary N) is 2. The van der Waals surface area contributed by atoms with Crippen molar-refractivity contribution >= 4 is 21.8 Å². The molecule has 0 radical (unpaired) electrons. The Labute approximate surface area is 201 Å². The molecule has 1 saturated heterocycles. The molecule has 2 N–H and O–H groups in total. The summed E-state index contributed by atoms with van der Waals surface area (Å²) >= 11 is 0. The van der Waals surface area contributed by atoms with E-state index in [-0.39, 0.29) is 30.7 Å². The van der Waals surface area contributed by atoms with E-state index in [1.165, 1.54) is 9.87 Å². The molecule has 0 unspecified atom stereocenters. The molecule has 0 saturated carbocycles. The fourth-order valence-corrected chi connectivity index (χ4v) is 6.13. The molecule has 1 aromatic heterocycles. The van der Waals surface area contributed by atoms with Crippen LogP contribution in [0.1, 0.15) is 48.8 Å². The molecule has 2 amide bonds. The van der Waals surface area contributed by atoms with Gasteiger partial charge in [0.15, 0.2) is 0 Å². The monoisotopic (exact) mass is 484 g/mol. The Kier molecular flexibility index (Phi) is 7.95. The van der Waals surface area contributed by atoms with E-state index in [4.69, 9.17) is 0 Å². The second-order valence-electron chi connectivity index (χ2n) is 8.99. The lowest BCUT2D eigenvalue weighted by Crippen LogP contribution is -2.43. The van der Waals surface area contributed by atoms with Gasteiger partial charge in [-0.25, -0.2) is 8.42 Å². The molecule has 34 heavy (non-hydrogen) atoms. The number of hydrogen-bond donors (Lipinski definition) is 2. The molecular weight excluding hydrogens is 452 g/mol. The zero-order valence-electron chi connectivity index (χ0n) is 19.3. The topological polar surface area (TPSA) is 108 Å². The number of rotatable bonds is 8. The highest BCUT2D eigenvalue weighted by Gasteiger charge is 2.32. The summed E-state index contributed by atoms with van der Waals surface area (Å²) in [6.07, 6.45) is 8.70. The molecule has 0 bridgehead atoms.